The lowest BCUT2D eigenvalue weighted by molar-refractivity contribution is 0.00578. The maximum absolute atomic E-state index is 9.94. The van der Waals surface area contributed by atoms with Crippen molar-refractivity contribution in [1.29, 1.82) is 0 Å². The van der Waals surface area contributed by atoms with Gasteiger partial charge in [-0.1, -0.05) is 28.0 Å². The highest BCUT2D eigenvalue weighted by atomic mass is 79.9. The van der Waals surface area contributed by atoms with Gasteiger partial charge in [0.2, 0.25) is 0 Å². The van der Waals surface area contributed by atoms with Crippen molar-refractivity contribution in [2.24, 2.45) is 0 Å². The van der Waals surface area contributed by atoms with Crippen molar-refractivity contribution in [2.45, 2.75) is 45.8 Å². The first-order valence-electron chi connectivity index (χ1n) is 6.65. The summed E-state index contributed by atoms with van der Waals surface area (Å²) in [5, 5.41) is 9.94. The van der Waals surface area contributed by atoms with E-state index in [1.807, 2.05) is 52.7 Å². The Hall–Kier alpha value is -0.775. The Morgan fingerprint density at radius 2 is 1.70 bits per heavy atom. The van der Waals surface area contributed by atoms with Crippen LogP contribution in [-0.2, 0) is 9.31 Å². The molecule has 1 aliphatic heterocycles. The molecule has 1 aromatic carbocycles. The Kier molecular flexibility index (Phi) is 4.06. The number of aryl methyl sites for hydroxylation is 1. The molecule has 5 heteroatoms. The summed E-state index contributed by atoms with van der Waals surface area (Å²) in [6.45, 7) is 9.99. The molecule has 1 saturated heterocycles. The van der Waals surface area contributed by atoms with Crippen LogP contribution in [0.25, 0.3) is 6.08 Å². The van der Waals surface area contributed by atoms with E-state index in [9.17, 15) is 5.11 Å². The fraction of sp³-hybridized carbons (Fsp3) is 0.467. The highest BCUT2D eigenvalue weighted by Gasteiger charge is 2.49. The number of halogens is 1. The van der Waals surface area contributed by atoms with E-state index in [0.717, 1.165) is 15.6 Å². The van der Waals surface area contributed by atoms with Gasteiger partial charge in [0.1, 0.15) is 5.75 Å². The first-order valence-corrected chi connectivity index (χ1v) is 7.45. The predicted molar refractivity (Wildman–Crippen MR) is 85.7 cm³/mol. The number of phenols is 1. The Morgan fingerprint density at radius 3 is 2.25 bits per heavy atom. The largest absolute Gasteiger partial charge is 0.507 e. The summed E-state index contributed by atoms with van der Waals surface area (Å²) in [7, 11) is -0.403. The van der Waals surface area contributed by atoms with E-state index in [4.69, 9.17) is 9.31 Å². The summed E-state index contributed by atoms with van der Waals surface area (Å²) in [5.41, 5.74) is 1.03. The van der Waals surface area contributed by atoms with Crippen LogP contribution in [0.3, 0.4) is 0 Å². The van der Waals surface area contributed by atoms with Crippen LogP contribution in [0.2, 0.25) is 0 Å². The topological polar surface area (TPSA) is 38.7 Å². The molecule has 0 spiro atoms. The minimum atomic E-state index is -0.403. The smallest absolute Gasteiger partial charge is 0.487 e. The second-order valence-electron chi connectivity index (χ2n) is 6.14. The van der Waals surface area contributed by atoms with E-state index in [1.165, 1.54) is 0 Å². The zero-order valence-electron chi connectivity index (χ0n) is 12.5. The van der Waals surface area contributed by atoms with Crippen molar-refractivity contribution in [3.8, 4) is 5.75 Å². The first kappa shape index (κ1) is 15.6. The zero-order valence-corrected chi connectivity index (χ0v) is 14.1. The van der Waals surface area contributed by atoms with E-state index in [0.29, 0.717) is 0 Å². The molecule has 1 aromatic rings. The molecule has 3 nitrogen and oxygen atoms in total. The molecule has 2 rings (SSSR count). The third kappa shape index (κ3) is 2.95. The van der Waals surface area contributed by atoms with Crippen molar-refractivity contribution in [2.75, 3.05) is 0 Å². The number of hydrogen-bond donors (Lipinski definition) is 1. The highest BCUT2D eigenvalue weighted by molar-refractivity contribution is 9.10. The van der Waals surface area contributed by atoms with Crippen LogP contribution in [0.15, 0.2) is 22.6 Å². The van der Waals surface area contributed by atoms with E-state index in [-0.39, 0.29) is 17.0 Å². The fourth-order valence-corrected chi connectivity index (χ4v) is 2.33. The first-order chi connectivity index (χ1) is 9.12. The molecule has 1 aliphatic rings. The van der Waals surface area contributed by atoms with E-state index < -0.39 is 7.12 Å². The minimum absolute atomic E-state index is 0.249. The third-order valence-electron chi connectivity index (χ3n) is 4.01. The standard InChI is InChI=1S/C15H20BBrO3/c1-10-8-13(18)11(9-12(10)17)6-7-16-19-14(2,3)15(4,5)20-16/h6-9,18H,1-5H3. The van der Waals surface area contributed by atoms with Crippen molar-refractivity contribution in [1.82, 2.24) is 0 Å². The van der Waals surface area contributed by atoms with Crippen LogP contribution in [0, 0.1) is 6.92 Å². The minimum Gasteiger partial charge on any atom is -0.507 e. The Balaban J connectivity index is 2.18. The molecular weight excluding hydrogens is 319 g/mol. The van der Waals surface area contributed by atoms with Gasteiger partial charge in [-0.2, -0.15) is 0 Å². The Morgan fingerprint density at radius 1 is 1.15 bits per heavy atom. The van der Waals surface area contributed by atoms with Crippen LogP contribution in [-0.4, -0.2) is 23.4 Å². The normalized spacial score (nSPS) is 20.8. The molecule has 1 N–H and O–H groups in total. The quantitative estimate of drug-likeness (QED) is 0.825. The van der Waals surface area contributed by atoms with E-state index in [1.54, 1.807) is 6.07 Å². The maximum atomic E-state index is 9.94. The molecule has 0 unspecified atom stereocenters. The third-order valence-corrected chi connectivity index (χ3v) is 4.87. The maximum Gasteiger partial charge on any atom is 0.487 e. The van der Waals surface area contributed by atoms with E-state index in [2.05, 4.69) is 15.9 Å². The van der Waals surface area contributed by atoms with Gasteiger partial charge in [0.05, 0.1) is 11.2 Å². The van der Waals surface area contributed by atoms with Gasteiger partial charge in [0.25, 0.3) is 0 Å². The lowest BCUT2D eigenvalue weighted by Gasteiger charge is -2.32. The highest BCUT2D eigenvalue weighted by Crippen LogP contribution is 2.37. The summed E-state index contributed by atoms with van der Waals surface area (Å²) in [6.07, 6.45) is 1.82. The average Bonchev–Trinajstić information content (AvgIpc) is 2.51. The van der Waals surface area contributed by atoms with Gasteiger partial charge in [0, 0.05) is 10.0 Å². The monoisotopic (exact) mass is 338 g/mol. The molecule has 0 bridgehead atoms. The van der Waals surface area contributed by atoms with Gasteiger partial charge in [-0.3, -0.25) is 0 Å². The van der Waals surface area contributed by atoms with Crippen molar-refractivity contribution in [3.05, 3.63) is 33.7 Å². The van der Waals surface area contributed by atoms with Crippen molar-refractivity contribution >= 4 is 29.1 Å². The van der Waals surface area contributed by atoms with Crippen LogP contribution in [0.4, 0.5) is 0 Å². The summed E-state index contributed by atoms with van der Waals surface area (Å²) in [5.74, 6) is 2.08. The average molecular weight is 339 g/mol. The van der Waals surface area contributed by atoms with E-state index >= 15 is 0 Å². The second kappa shape index (κ2) is 5.21. The Labute approximate surface area is 129 Å². The molecule has 0 atom stereocenters. The zero-order chi connectivity index (χ0) is 15.1. The number of benzene rings is 1. The number of phenolic OH excluding ortho intramolecular Hbond substituents is 1. The van der Waals surface area contributed by atoms with Gasteiger partial charge in [-0.05, 0) is 52.3 Å². The van der Waals surface area contributed by atoms with Crippen molar-refractivity contribution in [3.63, 3.8) is 0 Å². The molecule has 1 fully saturated rings. The van der Waals surface area contributed by atoms with Crippen LogP contribution in [0.5, 0.6) is 5.75 Å². The molecule has 108 valence electrons. The molecule has 20 heavy (non-hydrogen) atoms. The van der Waals surface area contributed by atoms with Crippen molar-refractivity contribution < 1.29 is 14.4 Å². The second-order valence-corrected chi connectivity index (χ2v) is 7.00. The SMILES string of the molecule is Cc1cc(O)c(C=CB2OC(C)(C)C(C)(C)O2)cc1Br. The summed E-state index contributed by atoms with van der Waals surface area (Å²) >= 11 is 3.46. The van der Waals surface area contributed by atoms with Gasteiger partial charge >= 0.3 is 7.12 Å². The molecular formula is C15H20BBrO3. The van der Waals surface area contributed by atoms with Crippen LogP contribution in [0.1, 0.15) is 38.8 Å². The Bertz CT molecular complexity index is 536. The lowest BCUT2D eigenvalue weighted by atomic mass is 9.89. The van der Waals surface area contributed by atoms with Gasteiger partial charge in [-0.25, -0.2) is 0 Å². The van der Waals surface area contributed by atoms with Crippen LogP contribution < -0.4 is 0 Å². The molecule has 0 amide bonds. The van der Waals surface area contributed by atoms with Crippen LogP contribution >= 0.6 is 15.9 Å². The summed E-state index contributed by atoms with van der Waals surface area (Å²) < 4.78 is 12.7. The molecule has 1 heterocycles. The summed E-state index contributed by atoms with van der Waals surface area (Å²) in [6, 6.07) is 3.61. The number of aromatic hydroxyl groups is 1. The van der Waals surface area contributed by atoms with Gasteiger partial charge < -0.3 is 14.4 Å². The molecule has 0 saturated carbocycles. The number of rotatable bonds is 2. The van der Waals surface area contributed by atoms with Gasteiger partial charge in [-0.15, -0.1) is 0 Å². The molecule has 0 radical (unpaired) electrons. The number of hydrogen-bond acceptors (Lipinski definition) is 3. The predicted octanol–water partition coefficient (Wildman–Crippen LogP) is 4.11. The fourth-order valence-electron chi connectivity index (χ4n) is 1.96. The molecule has 0 aromatic heterocycles. The lowest BCUT2D eigenvalue weighted by Crippen LogP contribution is -2.41. The van der Waals surface area contributed by atoms with Gasteiger partial charge in [0.15, 0.2) is 0 Å². The molecule has 0 aliphatic carbocycles. The summed E-state index contributed by atoms with van der Waals surface area (Å²) in [4.78, 5) is 0.